The summed E-state index contributed by atoms with van der Waals surface area (Å²) in [5, 5.41) is 3.44. The molecule has 1 N–H and O–H groups in total. The van der Waals surface area contributed by atoms with Gasteiger partial charge in [-0.05, 0) is 79.2 Å². The van der Waals surface area contributed by atoms with Crippen molar-refractivity contribution in [2.45, 2.75) is 90.2 Å². The van der Waals surface area contributed by atoms with E-state index >= 15 is 0 Å². The Balaban J connectivity index is 1.85. The van der Waals surface area contributed by atoms with Crippen LogP contribution < -0.4 is 5.32 Å². The van der Waals surface area contributed by atoms with Crippen molar-refractivity contribution in [2.75, 3.05) is 45.9 Å². The zero-order valence-electron chi connectivity index (χ0n) is 20.5. The van der Waals surface area contributed by atoms with Crippen LogP contribution in [0.2, 0.25) is 0 Å². The number of nitrogens with one attached hydrogen (secondary N) is 1. The lowest BCUT2D eigenvalue weighted by Crippen LogP contribution is -2.69. The van der Waals surface area contributed by atoms with Gasteiger partial charge in [0.25, 0.3) is 5.85 Å². The molecule has 0 aromatic rings. The van der Waals surface area contributed by atoms with E-state index in [1.54, 1.807) is 0 Å². The molecular formula is C24H43N3O5. The Hall–Kier alpha value is -1.22. The Kier molecular flexibility index (Phi) is 8.95. The van der Waals surface area contributed by atoms with Gasteiger partial charge < -0.3 is 19.5 Å². The predicted octanol–water partition coefficient (Wildman–Crippen LogP) is 2.51. The molecule has 1 aliphatic carbocycles. The Labute approximate surface area is 193 Å². The quantitative estimate of drug-likeness (QED) is 0.589. The molecule has 8 heteroatoms. The van der Waals surface area contributed by atoms with E-state index < -0.39 is 11.4 Å². The highest BCUT2D eigenvalue weighted by Gasteiger charge is 2.55. The maximum Gasteiger partial charge on any atom is 0.371 e. The lowest BCUT2D eigenvalue weighted by atomic mass is 9.87. The zero-order valence-corrected chi connectivity index (χ0v) is 20.5. The first-order valence-corrected chi connectivity index (χ1v) is 12.5. The minimum atomic E-state index is -1.21. The molecule has 3 fully saturated rings. The van der Waals surface area contributed by atoms with Crippen LogP contribution in [0, 0.1) is 5.92 Å². The third kappa shape index (κ3) is 6.22. The van der Waals surface area contributed by atoms with Gasteiger partial charge in [0.2, 0.25) is 0 Å². The fourth-order valence-electron chi connectivity index (χ4n) is 5.08. The predicted molar refractivity (Wildman–Crippen MR) is 122 cm³/mol. The van der Waals surface area contributed by atoms with Gasteiger partial charge >= 0.3 is 11.9 Å². The fraction of sp³-hybridized carbons (Fsp3) is 0.917. The van der Waals surface area contributed by atoms with Crippen molar-refractivity contribution < 1.29 is 23.8 Å². The molecule has 3 aliphatic rings. The summed E-state index contributed by atoms with van der Waals surface area (Å²) in [6, 6.07) is 0. The highest BCUT2D eigenvalue weighted by Crippen LogP contribution is 2.36. The van der Waals surface area contributed by atoms with E-state index in [1.807, 2.05) is 27.7 Å². The molecule has 1 unspecified atom stereocenters. The molecule has 8 nitrogen and oxygen atoms in total. The van der Waals surface area contributed by atoms with Crippen LogP contribution in [0.3, 0.4) is 0 Å². The number of carbonyl (C=O) groups excluding carboxylic acids is 2. The molecule has 0 bridgehead atoms. The van der Waals surface area contributed by atoms with Gasteiger partial charge in [0.15, 0.2) is 0 Å². The van der Waals surface area contributed by atoms with Crippen LogP contribution >= 0.6 is 0 Å². The molecule has 2 aliphatic heterocycles. The number of rotatable bonds is 7. The van der Waals surface area contributed by atoms with Gasteiger partial charge in [0.05, 0.1) is 18.6 Å². The van der Waals surface area contributed by atoms with E-state index in [0.717, 1.165) is 84.2 Å². The van der Waals surface area contributed by atoms with E-state index in [-0.39, 0.29) is 24.0 Å². The van der Waals surface area contributed by atoms with Crippen molar-refractivity contribution in [3.8, 4) is 0 Å². The Morgan fingerprint density at radius 2 is 1.53 bits per heavy atom. The summed E-state index contributed by atoms with van der Waals surface area (Å²) in [7, 11) is 0. The summed E-state index contributed by atoms with van der Waals surface area (Å²) < 4.78 is 18.1. The van der Waals surface area contributed by atoms with Crippen LogP contribution in [0.5, 0.6) is 0 Å². The van der Waals surface area contributed by atoms with Crippen molar-refractivity contribution in [1.29, 1.82) is 0 Å². The van der Waals surface area contributed by atoms with E-state index in [9.17, 15) is 9.59 Å². The molecule has 0 amide bonds. The van der Waals surface area contributed by atoms with Crippen molar-refractivity contribution >= 4 is 11.9 Å². The number of hydrogen-bond acceptors (Lipinski definition) is 8. The van der Waals surface area contributed by atoms with Crippen LogP contribution in [0.15, 0.2) is 0 Å². The second-order valence-corrected chi connectivity index (χ2v) is 10.2. The third-order valence-electron chi connectivity index (χ3n) is 6.59. The fourth-order valence-corrected chi connectivity index (χ4v) is 5.08. The number of hydrogen-bond donors (Lipinski definition) is 1. The van der Waals surface area contributed by atoms with Gasteiger partial charge in [-0.2, -0.15) is 0 Å². The molecule has 1 atom stereocenters. The summed E-state index contributed by atoms with van der Waals surface area (Å²) in [6.45, 7) is 12.9. The van der Waals surface area contributed by atoms with Gasteiger partial charge in [-0.1, -0.05) is 0 Å². The average Bonchev–Trinajstić information content (AvgIpc) is 3.14. The maximum absolute atomic E-state index is 13.9. The lowest BCUT2D eigenvalue weighted by molar-refractivity contribution is -0.277. The Bertz CT molecular complexity index is 616. The Morgan fingerprint density at radius 3 is 2.16 bits per heavy atom. The zero-order chi connectivity index (χ0) is 23.2. The molecular weight excluding hydrogens is 410 g/mol. The summed E-state index contributed by atoms with van der Waals surface area (Å²) in [5.74, 6) is -1.69. The minimum Gasteiger partial charge on any atom is -0.466 e. The number of carbonyl (C=O) groups is 2. The van der Waals surface area contributed by atoms with Crippen molar-refractivity contribution in [3.05, 3.63) is 0 Å². The second kappa shape index (κ2) is 11.3. The van der Waals surface area contributed by atoms with E-state index in [1.165, 1.54) is 0 Å². The van der Waals surface area contributed by atoms with E-state index in [0.29, 0.717) is 6.61 Å². The SMILES string of the molecule is CCOC(=O)C1CCC(OC(C(=O)OC(C)(C)C)(N2CCCC2)N2CCCNCC2)CC1. The molecule has 32 heavy (non-hydrogen) atoms. The van der Waals surface area contributed by atoms with Crippen molar-refractivity contribution in [2.24, 2.45) is 5.92 Å². The third-order valence-corrected chi connectivity index (χ3v) is 6.59. The van der Waals surface area contributed by atoms with Gasteiger partial charge in [-0.3, -0.25) is 14.6 Å². The summed E-state index contributed by atoms with van der Waals surface area (Å²) in [5.41, 5.74) is -0.600. The van der Waals surface area contributed by atoms with Gasteiger partial charge in [-0.25, -0.2) is 4.79 Å². The molecule has 0 aromatic heterocycles. The van der Waals surface area contributed by atoms with Crippen LogP contribution in [-0.4, -0.2) is 85.2 Å². The van der Waals surface area contributed by atoms with Crippen LogP contribution in [-0.2, 0) is 23.8 Å². The van der Waals surface area contributed by atoms with Crippen LogP contribution in [0.4, 0.5) is 0 Å². The second-order valence-electron chi connectivity index (χ2n) is 10.2. The van der Waals surface area contributed by atoms with Crippen molar-refractivity contribution in [3.63, 3.8) is 0 Å². The molecule has 3 rings (SSSR count). The molecule has 0 spiro atoms. The monoisotopic (exact) mass is 453 g/mol. The smallest absolute Gasteiger partial charge is 0.371 e. The molecule has 0 radical (unpaired) electrons. The van der Waals surface area contributed by atoms with Gasteiger partial charge in [0.1, 0.15) is 5.60 Å². The number of likely N-dealkylation sites (tertiary alicyclic amines) is 1. The Morgan fingerprint density at radius 1 is 0.906 bits per heavy atom. The minimum absolute atomic E-state index is 0.0695. The molecule has 1 saturated carbocycles. The number of ether oxygens (including phenoxy) is 3. The lowest BCUT2D eigenvalue weighted by Gasteiger charge is -2.49. The van der Waals surface area contributed by atoms with E-state index in [2.05, 4.69) is 15.1 Å². The highest BCUT2D eigenvalue weighted by molar-refractivity contribution is 5.79. The summed E-state index contributed by atoms with van der Waals surface area (Å²) >= 11 is 0. The molecule has 2 saturated heterocycles. The molecule has 2 heterocycles. The standard InChI is InChI=1S/C24H43N3O5/c1-5-30-21(28)19-9-11-20(12-10-19)31-24(26-15-6-7-16-26,22(29)32-23(2,3)4)27-17-8-13-25-14-18-27/h19-20,25H,5-18H2,1-4H3. The average molecular weight is 454 g/mol. The topological polar surface area (TPSA) is 80.3 Å². The van der Waals surface area contributed by atoms with E-state index in [4.69, 9.17) is 14.2 Å². The summed E-state index contributed by atoms with van der Waals surface area (Å²) in [4.78, 5) is 30.5. The first-order chi connectivity index (χ1) is 15.3. The van der Waals surface area contributed by atoms with Crippen LogP contribution in [0.25, 0.3) is 0 Å². The summed E-state index contributed by atoms with van der Waals surface area (Å²) in [6.07, 6.45) is 5.92. The normalized spacial score (nSPS) is 28.0. The highest BCUT2D eigenvalue weighted by atomic mass is 16.6. The van der Waals surface area contributed by atoms with Gasteiger partial charge in [-0.15, -0.1) is 0 Å². The maximum atomic E-state index is 13.9. The van der Waals surface area contributed by atoms with Gasteiger partial charge in [0, 0.05) is 32.7 Å². The first kappa shape index (κ1) is 25.4. The van der Waals surface area contributed by atoms with Crippen molar-refractivity contribution in [1.82, 2.24) is 15.1 Å². The largest absolute Gasteiger partial charge is 0.466 e. The number of nitrogens with zero attached hydrogens (tertiary/aromatic N) is 2. The molecule has 184 valence electrons. The molecule has 0 aromatic carbocycles. The first-order valence-electron chi connectivity index (χ1n) is 12.5. The van der Waals surface area contributed by atoms with Crippen LogP contribution in [0.1, 0.15) is 72.6 Å². The number of esters is 2.